The van der Waals surface area contributed by atoms with Crippen LogP contribution in [0.3, 0.4) is 0 Å². The summed E-state index contributed by atoms with van der Waals surface area (Å²) in [6.45, 7) is 1.90. The van der Waals surface area contributed by atoms with Crippen LogP contribution in [0.25, 0.3) is 0 Å². The van der Waals surface area contributed by atoms with Crippen LogP contribution in [0, 0.1) is 0 Å². The zero-order valence-corrected chi connectivity index (χ0v) is 11.7. The minimum Gasteiger partial charge on any atom is -0.482 e. The summed E-state index contributed by atoms with van der Waals surface area (Å²) in [7, 11) is 0. The van der Waals surface area contributed by atoms with Gasteiger partial charge < -0.3 is 20.5 Å². The predicted molar refractivity (Wildman–Crippen MR) is 75.2 cm³/mol. The number of carboxylic acid groups (broad SMARTS) is 1. The summed E-state index contributed by atoms with van der Waals surface area (Å²) < 4.78 is 5.00. The van der Waals surface area contributed by atoms with Gasteiger partial charge in [0.25, 0.3) is 5.91 Å². The third-order valence-corrected chi connectivity index (χ3v) is 2.47. The highest BCUT2D eigenvalue weighted by molar-refractivity contribution is 5.94. The summed E-state index contributed by atoms with van der Waals surface area (Å²) in [5.41, 5.74) is 0.386. The molecule has 0 atom stereocenters. The molecule has 0 spiro atoms. The zero-order valence-electron chi connectivity index (χ0n) is 11.7. The van der Waals surface area contributed by atoms with E-state index >= 15 is 0 Å². The van der Waals surface area contributed by atoms with Crippen molar-refractivity contribution in [3.05, 3.63) is 29.8 Å². The van der Waals surface area contributed by atoms with Gasteiger partial charge in [-0.1, -0.05) is 6.07 Å². The molecule has 1 rings (SSSR count). The van der Waals surface area contributed by atoms with Crippen molar-refractivity contribution in [3.8, 4) is 5.75 Å². The summed E-state index contributed by atoms with van der Waals surface area (Å²) in [4.78, 5) is 32.9. The Morgan fingerprint density at radius 2 is 1.90 bits per heavy atom. The molecular weight excluding hydrogens is 276 g/mol. The van der Waals surface area contributed by atoms with Gasteiger partial charge in [-0.25, -0.2) is 4.79 Å². The number of ether oxygens (including phenoxy) is 1. The minimum atomic E-state index is -1.08. The first-order valence-electron chi connectivity index (χ1n) is 6.46. The molecule has 0 aliphatic rings. The van der Waals surface area contributed by atoms with Gasteiger partial charge in [-0.2, -0.15) is 0 Å². The molecule has 1 aromatic carbocycles. The van der Waals surface area contributed by atoms with Crippen LogP contribution in [-0.4, -0.2) is 42.6 Å². The summed E-state index contributed by atoms with van der Waals surface area (Å²) in [6.07, 6.45) is 0.626. The molecule has 0 aliphatic heterocycles. The van der Waals surface area contributed by atoms with Crippen molar-refractivity contribution in [1.82, 2.24) is 10.6 Å². The number of benzene rings is 1. The molecule has 0 aromatic heterocycles. The standard InChI is InChI=1S/C14H18N2O5/c1-10(17)15-6-3-7-16-14(20)11-4-2-5-12(8-11)21-9-13(18)19/h2,4-5,8H,3,6-7,9H2,1H3,(H,15,17)(H,16,20)(H,18,19). The first kappa shape index (κ1) is 16.5. The lowest BCUT2D eigenvalue weighted by molar-refractivity contribution is -0.139. The Labute approximate surface area is 122 Å². The van der Waals surface area contributed by atoms with Crippen LogP contribution >= 0.6 is 0 Å². The van der Waals surface area contributed by atoms with E-state index < -0.39 is 12.6 Å². The molecule has 0 saturated carbocycles. The number of carbonyl (C=O) groups excluding carboxylic acids is 2. The molecule has 0 radical (unpaired) electrons. The molecule has 3 N–H and O–H groups in total. The Balaban J connectivity index is 2.41. The van der Waals surface area contributed by atoms with Crippen molar-refractivity contribution in [2.24, 2.45) is 0 Å². The van der Waals surface area contributed by atoms with Gasteiger partial charge in [-0.15, -0.1) is 0 Å². The monoisotopic (exact) mass is 294 g/mol. The maximum absolute atomic E-state index is 11.9. The van der Waals surface area contributed by atoms with Gasteiger partial charge in [-0.05, 0) is 24.6 Å². The van der Waals surface area contributed by atoms with Crippen molar-refractivity contribution < 1.29 is 24.2 Å². The number of carbonyl (C=O) groups is 3. The molecule has 0 aliphatic carbocycles. The second-order valence-electron chi connectivity index (χ2n) is 4.30. The second kappa shape index (κ2) is 8.57. The molecule has 7 heteroatoms. The summed E-state index contributed by atoms with van der Waals surface area (Å²) >= 11 is 0. The molecular formula is C14H18N2O5. The second-order valence-corrected chi connectivity index (χ2v) is 4.30. The lowest BCUT2D eigenvalue weighted by Crippen LogP contribution is -2.28. The molecule has 0 saturated heterocycles. The fourth-order valence-corrected chi connectivity index (χ4v) is 1.53. The van der Waals surface area contributed by atoms with Gasteiger partial charge in [0.05, 0.1) is 0 Å². The molecule has 0 heterocycles. The van der Waals surface area contributed by atoms with Crippen LogP contribution in [0.1, 0.15) is 23.7 Å². The highest BCUT2D eigenvalue weighted by atomic mass is 16.5. The highest BCUT2D eigenvalue weighted by Crippen LogP contribution is 2.13. The van der Waals surface area contributed by atoms with Crippen LogP contribution in [0.4, 0.5) is 0 Å². The van der Waals surface area contributed by atoms with Crippen LogP contribution in [-0.2, 0) is 9.59 Å². The lowest BCUT2D eigenvalue weighted by Gasteiger charge is -2.07. The van der Waals surface area contributed by atoms with Gasteiger partial charge in [0, 0.05) is 25.6 Å². The van der Waals surface area contributed by atoms with Gasteiger partial charge >= 0.3 is 5.97 Å². The topological polar surface area (TPSA) is 105 Å². The van der Waals surface area contributed by atoms with Crippen molar-refractivity contribution in [2.75, 3.05) is 19.7 Å². The number of rotatable bonds is 8. The molecule has 7 nitrogen and oxygen atoms in total. The summed E-state index contributed by atoms with van der Waals surface area (Å²) in [5, 5.41) is 13.9. The largest absolute Gasteiger partial charge is 0.482 e. The van der Waals surface area contributed by atoms with Crippen molar-refractivity contribution in [1.29, 1.82) is 0 Å². The van der Waals surface area contributed by atoms with E-state index in [1.165, 1.54) is 13.0 Å². The lowest BCUT2D eigenvalue weighted by atomic mass is 10.2. The summed E-state index contributed by atoms with van der Waals surface area (Å²) in [6, 6.07) is 6.28. The summed E-state index contributed by atoms with van der Waals surface area (Å²) in [5.74, 6) is -1.14. The van der Waals surface area contributed by atoms with Crippen molar-refractivity contribution in [3.63, 3.8) is 0 Å². The first-order chi connectivity index (χ1) is 9.99. The average Bonchev–Trinajstić information content (AvgIpc) is 2.44. The van der Waals surface area contributed by atoms with E-state index in [0.717, 1.165) is 0 Å². The number of nitrogens with one attached hydrogen (secondary N) is 2. The quantitative estimate of drug-likeness (QED) is 0.602. The number of hydrogen-bond acceptors (Lipinski definition) is 4. The molecule has 0 fully saturated rings. The van der Waals surface area contributed by atoms with E-state index in [1.54, 1.807) is 18.2 Å². The van der Waals surface area contributed by atoms with Crippen LogP contribution < -0.4 is 15.4 Å². The number of amides is 2. The number of aliphatic carboxylic acids is 1. The van der Waals surface area contributed by atoms with Gasteiger partial charge in [0.15, 0.2) is 6.61 Å². The van der Waals surface area contributed by atoms with Gasteiger partial charge in [0.2, 0.25) is 5.91 Å². The third kappa shape index (κ3) is 6.95. The van der Waals surface area contributed by atoms with E-state index in [9.17, 15) is 14.4 Å². The van der Waals surface area contributed by atoms with Crippen molar-refractivity contribution in [2.45, 2.75) is 13.3 Å². The Morgan fingerprint density at radius 3 is 2.57 bits per heavy atom. The SMILES string of the molecule is CC(=O)NCCCNC(=O)c1cccc(OCC(=O)O)c1. The van der Waals surface area contributed by atoms with Crippen molar-refractivity contribution >= 4 is 17.8 Å². The smallest absolute Gasteiger partial charge is 0.341 e. The molecule has 0 unspecified atom stereocenters. The predicted octanol–water partition coefficient (Wildman–Crippen LogP) is 0.406. The van der Waals surface area contributed by atoms with E-state index in [2.05, 4.69) is 10.6 Å². The molecule has 114 valence electrons. The molecule has 21 heavy (non-hydrogen) atoms. The fraction of sp³-hybridized carbons (Fsp3) is 0.357. The maximum Gasteiger partial charge on any atom is 0.341 e. The van der Waals surface area contributed by atoms with Crippen LogP contribution in [0.2, 0.25) is 0 Å². The highest BCUT2D eigenvalue weighted by Gasteiger charge is 2.07. The van der Waals surface area contributed by atoms with E-state index in [1.807, 2.05) is 0 Å². The Kier molecular flexibility index (Phi) is 6.73. The zero-order chi connectivity index (χ0) is 15.7. The number of carboxylic acids is 1. The van der Waals surface area contributed by atoms with E-state index in [4.69, 9.17) is 9.84 Å². The maximum atomic E-state index is 11.9. The molecule has 1 aromatic rings. The van der Waals surface area contributed by atoms with Gasteiger partial charge in [-0.3, -0.25) is 9.59 Å². The van der Waals surface area contributed by atoms with E-state index in [-0.39, 0.29) is 11.8 Å². The molecule has 0 bridgehead atoms. The minimum absolute atomic E-state index is 0.107. The Hall–Kier alpha value is -2.57. The fourth-order valence-electron chi connectivity index (χ4n) is 1.53. The molecule has 2 amide bonds. The Morgan fingerprint density at radius 1 is 1.19 bits per heavy atom. The van der Waals surface area contributed by atoms with E-state index in [0.29, 0.717) is 30.8 Å². The average molecular weight is 294 g/mol. The Bertz CT molecular complexity index is 516. The first-order valence-corrected chi connectivity index (χ1v) is 6.46. The van der Waals surface area contributed by atoms with Gasteiger partial charge in [0.1, 0.15) is 5.75 Å². The third-order valence-electron chi connectivity index (χ3n) is 2.47. The van der Waals surface area contributed by atoms with Crippen LogP contribution in [0.5, 0.6) is 5.75 Å². The number of hydrogen-bond donors (Lipinski definition) is 3. The normalized spacial score (nSPS) is 9.76. The van der Waals surface area contributed by atoms with Crippen LogP contribution in [0.15, 0.2) is 24.3 Å².